The van der Waals surface area contributed by atoms with Crippen LogP contribution < -0.4 is 19.5 Å². The van der Waals surface area contributed by atoms with E-state index in [2.05, 4.69) is 20.9 Å². The van der Waals surface area contributed by atoms with Gasteiger partial charge in [0.05, 0.1) is 49.0 Å². The largest absolute Gasteiger partial charge is 0.493 e. The standard InChI is InChI=1S/C40H44Cl2FN5O4/c1-46(39(49)29-22-36(50-2)38(52-4)37(23-29)51-3)25-28(27-11-14-32(41)33(42)21-27)15-18-47-19-16-31(17-20-47)44-40-45-34-7-5-6-8-35(34)48(40)24-26-9-12-30(43)13-10-26/h5-14,21-23,28,31H,15-20,24-25H2,1-4H3,(H,44,45). The van der Waals surface area contributed by atoms with Crippen molar-refractivity contribution in [2.45, 2.75) is 37.8 Å². The number of likely N-dealkylation sites (tertiary alicyclic amines) is 1. The van der Waals surface area contributed by atoms with E-state index in [4.69, 9.17) is 42.4 Å². The van der Waals surface area contributed by atoms with E-state index in [1.807, 2.05) is 48.5 Å². The molecule has 4 aromatic carbocycles. The summed E-state index contributed by atoms with van der Waals surface area (Å²) in [4.78, 5) is 22.9. The van der Waals surface area contributed by atoms with Gasteiger partial charge in [0.1, 0.15) is 5.82 Å². The van der Waals surface area contributed by atoms with E-state index in [0.717, 1.165) is 67.0 Å². The lowest BCUT2D eigenvalue weighted by Gasteiger charge is -2.34. The second kappa shape index (κ2) is 16.9. The summed E-state index contributed by atoms with van der Waals surface area (Å²) in [5, 5.41) is 4.70. The smallest absolute Gasteiger partial charge is 0.253 e. The third kappa shape index (κ3) is 8.57. The van der Waals surface area contributed by atoms with Crippen LogP contribution in [-0.4, -0.2) is 85.9 Å². The molecule has 6 rings (SSSR count). The Morgan fingerprint density at radius 3 is 2.29 bits per heavy atom. The first kappa shape index (κ1) is 37.3. The van der Waals surface area contributed by atoms with Crippen molar-refractivity contribution in [1.29, 1.82) is 0 Å². The number of carbonyl (C=O) groups is 1. The highest BCUT2D eigenvalue weighted by molar-refractivity contribution is 6.42. The van der Waals surface area contributed by atoms with Crippen molar-refractivity contribution in [3.8, 4) is 17.2 Å². The third-order valence-electron chi connectivity index (χ3n) is 9.79. The van der Waals surface area contributed by atoms with Gasteiger partial charge in [-0.25, -0.2) is 9.37 Å². The summed E-state index contributed by atoms with van der Waals surface area (Å²) in [6, 6.07) is 24.0. The molecule has 5 aromatic rings. The van der Waals surface area contributed by atoms with Crippen LogP contribution in [0.4, 0.5) is 10.3 Å². The van der Waals surface area contributed by atoms with Gasteiger partial charge < -0.3 is 33.9 Å². The van der Waals surface area contributed by atoms with Gasteiger partial charge >= 0.3 is 0 Å². The SMILES string of the molecule is COc1cc(C(=O)N(C)CC(CCN2CCC(Nc3nc4ccccc4n3Cc3ccc(F)cc3)CC2)c2ccc(Cl)c(Cl)c2)cc(OC)c1OC. The summed E-state index contributed by atoms with van der Waals surface area (Å²) in [7, 11) is 6.39. The number of anilines is 1. The zero-order chi connectivity index (χ0) is 36.8. The fourth-order valence-electron chi connectivity index (χ4n) is 6.91. The molecule has 0 saturated carbocycles. The molecule has 1 saturated heterocycles. The summed E-state index contributed by atoms with van der Waals surface area (Å²) in [5.74, 6) is 1.69. The molecule has 2 heterocycles. The number of ether oxygens (including phenoxy) is 3. The van der Waals surface area contributed by atoms with Gasteiger partial charge in [-0.2, -0.15) is 0 Å². The number of hydrogen-bond donors (Lipinski definition) is 1. The van der Waals surface area contributed by atoms with E-state index < -0.39 is 0 Å². The van der Waals surface area contributed by atoms with Crippen molar-refractivity contribution in [3.63, 3.8) is 0 Å². The number of hydrogen-bond acceptors (Lipinski definition) is 7. The third-order valence-corrected chi connectivity index (χ3v) is 10.5. The molecule has 1 unspecified atom stereocenters. The molecular weight excluding hydrogens is 704 g/mol. The molecule has 1 atom stereocenters. The average molecular weight is 749 g/mol. The highest BCUT2D eigenvalue weighted by atomic mass is 35.5. The Labute approximate surface area is 314 Å². The zero-order valence-corrected chi connectivity index (χ0v) is 31.4. The molecule has 52 heavy (non-hydrogen) atoms. The van der Waals surface area contributed by atoms with Crippen LogP contribution in [0.15, 0.2) is 78.9 Å². The molecule has 1 aliphatic heterocycles. The number of nitrogens with zero attached hydrogens (tertiary/aromatic N) is 4. The fourth-order valence-corrected chi connectivity index (χ4v) is 7.21. The van der Waals surface area contributed by atoms with E-state index in [1.165, 1.54) is 33.5 Å². The number of imidazole rings is 1. The predicted molar refractivity (Wildman–Crippen MR) is 205 cm³/mol. The molecule has 274 valence electrons. The van der Waals surface area contributed by atoms with Crippen molar-refractivity contribution < 1.29 is 23.4 Å². The quantitative estimate of drug-likeness (QED) is 0.122. The molecule has 1 aromatic heterocycles. The van der Waals surface area contributed by atoms with Crippen LogP contribution in [0, 0.1) is 5.82 Å². The van der Waals surface area contributed by atoms with E-state index in [0.29, 0.717) is 45.9 Å². The normalized spacial score (nSPS) is 14.3. The van der Waals surface area contributed by atoms with Gasteiger partial charge in [0, 0.05) is 44.2 Å². The van der Waals surface area contributed by atoms with Crippen LogP contribution in [0.1, 0.15) is 46.7 Å². The monoisotopic (exact) mass is 747 g/mol. The van der Waals surface area contributed by atoms with Crippen LogP contribution in [0.2, 0.25) is 10.0 Å². The Bertz CT molecular complexity index is 1970. The number of halogens is 3. The lowest BCUT2D eigenvalue weighted by Crippen LogP contribution is -2.40. The van der Waals surface area contributed by atoms with Gasteiger partial charge in [0.15, 0.2) is 11.5 Å². The Kier molecular flexibility index (Phi) is 12.1. The first-order valence-corrected chi connectivity index (χ1v) is 18.1. The molecule has 12 heteroatoms. The van der Waals surface area contributed by atoms with Gasteiger partial charge in [0.25, 0.3) is 5.91 Å². The minimum absolute atomic E-state index is 0.00738. The Morgan fingerprint density at radius 2 is 1.63 bits per heavy atom. The Morgan fingerprint density at radius 1 is 0.942 bits per heavy atom. The molecule has 1 aliphatic rings. The molecule has 0 bridgehead atoms. The van der Waals surface area contributed by atoms with Crippen molar-refractivity contribution in [3.05, 3.63) is 111 Å². The first-order valence-electron chi connectivity index (χ1n) is 17.4. The molecule has 1 N–H and O–H groups in total. The average Bonchev–Trinajstić information content (AvgIpc) is 3.50. The van der Waals surface area contributed by atoms with Gasteiger partial charge in [0.2, 0.25) is 11.7 Å². The van der Waals surface area contributed by atoms with E-state index in [1.54, 1.807) is 24.1 Å². The first-order chi connectivity index (χ1) is 25.2. The predicted octanol–water partition coefficient (Wildman–Crippen LogP) is 8.38. The maximum Gasteiger partial charge on any atom is 0.253 e. The molecule has 1 amide bonds. The minimum Gasteiger partial charge on any atom is -0.493 e. The molecule has 9 nitrogen and oxygen atoms in total. The second-order valence-electron chi connectivity index (χ2n) is 13.2. The maximum absolute atomic E-state index is 13.7. The zero-order valence-electron chi connectivity index (χ0n) is 29.9. The molecule has 1 fully saturated rings. The summed E-state index contributed by atoms with van der Waals surface area (Å²) in [6.45, 7) is 3.76. The number of rotatable bonds is 14. The lowest BCUT2D eigenvalue weighted by atomic mass is 9.94. The Balaban J connectivity index is 1.11. The van der Waals surface area contributed by atoms with Crippen molar-refractivity contribution in [1.82, 2.24) is 19.4 Å². The summed E-state index contributed by atoms with van der Waals surface area (Å²) in [6.07, 6.45) is 2.73. The van der Waals surface area contributed by atoms with Crippen molar-refractivity contribution in [2.75, 3.05) is 59.9 Å². The molecule has 0 spiro atoms. The van der Waals surface area contributed by atoms with Crippen LogP contribution in [0.25, 0.3) is 11.0 Å². The van der Waals surface area contributed by atoms with Crippen molar-refractivity contribution in [2.24, 2.45) is 0 Å². The number of para-hydroxylation sites is 2. The lowest BCUT2D eigenvalue weighted by molar-refractivity contribution is 0.0781. The second-order valence-corrected chi connectivity index (χ2v) is 14.0. The number of likely N-dealkylation sites (N-methyl/N-ethyl adjacent to an activating group) is 1. The Hall–Kier alpha value is -4.51. The summed E-state index contributed by atoms with van der Waals surface area (Å²) in [5.41, 5.74) is 4.43. The van der Waals surface area contributed by atoms with Gasteiger partial charge in [-0.15, -0.1) is 0 Å². The molecule has 0 aliphatic carbocycles. The van der Waals surface area contributed by atoms with Crippen molar-refractivity contribution >= 4 is 46.1 Å². The van der Waals surface area contributed by atoms with Crippen LogP contribution in [0.5, 0.6) is 17.2 Å². The van der Waals surface area contributed by atoms with E-state index >= 15 is 0 Å². The van der Waals surface area contributed by atoms with E-state index in [9.17, 15) is 9.18 Å². The number of aromatic nitrogens is 2. The number of nitrogens with one attached hydrogen (secondary N) is 1. The summed E-state index contributed by atoms with van der Waals surface area (Å²) >= 11 is 12.8. The number of piperidine rings is 1. The number of amides is 1. The minimum atomic E-state index is -0.246. The maximum atomic E-state index is 13.7. The van der Waals surface area contributed by atoms with Gasteiger partial charge in [-0.1, -0.05) is 53.5 Å². The fraction of sp³-hybridized carbons (Fsp3) is 0.350. The van der Waals surface area contributed by atoms with Crippen LogP contribution in [-0.2, 0) is 6.54 Å². The number of carbonyl (C=O) groups excluding carboxylic acids is 1. The van der Waals surface area contributed by atoms with Crippen LogP contribution >= 0.6 is 23.2 Å². The highest BCUT2D eigenvalue weighted by Gasteiger charge is 2.26. The molecule has 0 radical (unpaired) electrons. The van der Waals surface area contributed by atoms with Crippen LogP contribution in [0.3, 0.4) is 0 Å². The topological polar surface area (TPSA) is 81.1 Å². The number of methoxy groups -OCH3 is 3. The van der Waals surface area contributed by atoms with Gasteiger partial charge in [-0.05, 0) is 85.5 Å². The number of benzene rings is 4. The van der Waals surface area contributed by atoms with E-state index in [-0.39, 0.29) is 23.7 Å². The summed E-state index contributed by atoms with van der Waals surface area (Å²) < 4.78 is 32.2. The number of fused-ring (bicyclic) bond motifs is 1. The highest BCUT2D eigenvalue weighted by Crippen LogP contribution is 2.39. The molecular formula is C40H44Cl2FN5O4. The van der Waals surface area contributed by atoms with Gasteiger partial charge in [-0.3, -0.25) is 4.79 Å².